The number of para-hydroxylation sites is 6. The van der Waals surface area contributed by atoms with Crippen molar-refractivity contribution in [2.75, 3.05) is 0 Å². The molecule has 3 nitrogen and oxygen atoms in total. The summed E-state index contributed by atoms with van der Waals surface area (Å²) in [5, 5.41) is 7.55. The summed E-state index contributed by atoms with van der Waals surface area (Å²) in [6.07, 6.45) is 0. The topological polar surface area (TPSA) is 14.8 Å². The molecule has 3 heterocycles. The standard InChI is InChI=1S/C49H33N3/c1-32-26-28-40-38-18-2-8-20-42(38)50(49(40)30-32)33-27-29-48-41(31-33)39-19-7-13-25-47(39)52(48)46-24-12-6-17-37(46)36-16-5-11-23-45(36)51-43-21-9-3-14-34(43)35-15-4-10-22-44(35)51/h2-31H,1H3. The lowest BCUT2D eigenvalue weighted by atomic mass is 10.0. The first-order chi connectivity index (χ1) is 25.7. The summed E-state index contributed by atoms with van der Waals surface area (Å²) < 4.78 is 7.32. The summed E-state index contributed by atoms with van der Waals surface area (Å²) >= 11 is 0. The summed E-state index contributed by atoms with van der Waals surface area (Å²) in [6.45, 7) is 2.18. The Kier molecular flexibility index (Phi) is 6.17. The Morgan fingerprint density at radius 3 is 1.23 bits per heavy atom. The smallest absolute Gasteiger partial charge is 0.0543 e. The highest BCUT2D eigenvalue weighted by molar-refractivity contribution is 6.13. The molecule has 0 saturated carbocycles. The highest BCUT2D eigenvalue weighted by Gasteiger charge is 2.21. The molecule has 0 spiro atoms. The van der Waals surface area contributed by atoms with Gasteiger partial charge in [-0.1, -0.05) is 121 Å². The van der Waals surface area contributed by atoms with Gasteiger partial charge in [0.15, 0.2) is 0 Å². The van der Waals surface area contributed by atoms with Crippen molar-refractivity contribution in [3.05, 3.63) is 188 Å². The van der Waals surface area contributed by atoms with Crippen LogP contribution in [-0.4, -0.2) is 13.7 Å². The number of aryl methyl sites for hydroxylation is 1. The van der Waals surface area contributed by atoms with Crippen molar-refractivity contribution in [1.82, 2.24) is 13.7 Å². The van der Waals surface area contributed by atoms with Crippen molar-refractivity contribution >= 4 is 65.4 Å². The van der Waals surface area contributed by atoms with Crippen molar-refractivity contribution in [2.24, 2.45) is 0 Å². The van der Waals surface area contributed by atoms with E-state index in [-0.39, 0.29) is 0 Å². The third-order valence-electron chi connectivity index (χ3n) is 10.9. The van der Waals surface area contributed by atoms with Gasteiger partial charge in [0.05, 0.1) is 44.5 Å². The quantitative estimate of drug-likeness (QED) is 0.178. The lowest BCUT2D eigenvalue weighted by Gasteiger charge is -2.18. The highest BCUT2D eigenvalue weighted by Crippen LogP contribution is 2.41. The number of nitrogens with zero attached hydrogens (tertiary/aromatic N) is 3. The number of fused-ring (bicyclic) bond motifs is 9. The van der Waals surface area contributed by atoms with Crippen LogP contribution in [0.5, 0.6) is 0 Å². The Bertz CT molecular complexity index is 3150. The maximum atomic E-state index is 2.46. The Morgan fingerprint density at radius 2 is 0.692 bits per heavy atom. The number of benzene rings is 8. The van der Waals surface area contributed by atoms with Gasteiger partial charge < -0.3 is 13.7 Å². The van der Waals surface area contributed by atoms with Gasteiger partial charge in [0, 0.05) is 49.1 Å². The van der Waals surface area contributed by atoms with E-state index >= 15 is 0 Å². The Labute approximate surface area is 300 Å². The molecule has 11 rings (SSSR count). The summed E-state index contributed by atoms with van der Waals surface area (Å²) in [7, 11) is 0. The van der Waals surface area contributed by atoms with E-state index < -0.39 is 0 Å². The van der Waals surface area contributed by atoms with Crippen LogP contribution in [0, 0.1) is 6.92 Å². The third-order valence-corrected chi connectivity index (χ3v) is 10.9. The van der Waals surface area contributed by atoms with Gasteiger partial charge in [-0.3, -0.25) is 0 Å². The Morgan fingerprint density at radius 1 is 0.288 bits per heavy atom. The first kappa shape index (κ1) is 28.9. The molecule has 244 valence electrons. The Hall–Kier alpha value is -6.84. The molecule has 3 aromatic heterocycles. The summed E-state index contributed by atoms with van der Waals surface area (Å²) in [6, 6.07) is 66.6. The molecule has 0 saturated heterocycles. The van der Waals surface area contributed by atoms with Gasteiger partial charge in [0.1, 0.15) is 0 Å². The maximum absolute atomic E-state index is 2.46. The molecule has 0 amide bonds. The van der Waals surface area contributed by atoms with Crippen molar-refractivity contribution in [2.45, 2.75) is 6.92 Å². The second-order valence-corrected chi connectivity index (χ2v) is 13.8. The minimum absolute atomic E-state index is 1.15. The van der Waals surface area contributed by atoms with E-state index in [1.807, 2.05) is 0 Å². The van der Waals surface area contributed by atoms with E-state index in [0.29, 0.717) is 0 Å². The molecule has 0 aliphatic heterocycles. The van der Waals surface area contributed by atoms with Gasteiger partial charge in [-0.25, -0.2) is 0 Å². The van der Waals surface area contributed by atoms with E-state index in [0.717, 1.165) is 17.1 Å². The Balaban J connectivity index is 1.17. The normalized spacial score (nSPS) is 11.9. The van der Waals surface area contributed by atoms with Crippen LogP contribution in [0.3, 0.4) is 0 Å². The van der Waals surface area contributed by atoms with Crippen molar-refractivity contribution < 1.29 is 0 Å². The molecule has 0 bridgehead atoms. The van der Waals surface area contributed by atoms with Crippen LogP contribution in [0.25, 0.3) is 93.6 Å². The molecule has 0 unspecified atom stereocenters. The molecule has 3 heteroatoms. The fraction of sp³-hybridized carbons (Fsp3) is 0.0204. The fourth-order valence-electron chi connectivity index (χ4n) is 8.69. The van der Waals surface area contributed by atoms with Crippen LogP contribution in [0.15, 0.2) is 182 Å². The van der Waals surface area contributed by atoms with Crippen LogP contribution in [0.2, 0.25) is 0 Å². The van der Waals surface area contributed by atoms with E-state index in [1.54, 1.807) is 0 Å². The van der Waals surface area contributed by atoms with Gasteiger partial charge in [-0.2, -0.15) is 0 Å². The predicted molar refractivity (Wildman–Crippen MR) is 220 cm³/mol. The SMILES string of the molecule is Cc1ccc2c3ccccc3n(-c3ccc4c(c3)c3ccccc3n4-c3ccccc3-c3ccccc3-n3c4ccccc4c4ccccc43)c2c1. The predicted octanol–water partition coefficient (Wildman–Crippen LogP) is 13.0. The van der Waals surface area contributed by atoms with Gasteiger partial charge in [0.25, 0.3) is 0 Å². The molecular weight excluding hydrogens is 631 g/mol. The molecule has 0 N–H and O–H groups in total. The largest absolute Gasteiger partial charge is 0.309 e. The van der Waals surface area contributed by atoms with E-state index in [2.05, 4.69) is 203 Å². The summed E-state index contributed by atoms with van der Waals surface area (Å²) in [4.78, 5) is 0. The number of rotatable bonds is 4. The van der Waals surface area contributed by atoms with E-state index in [9.17, 15) is 0 Å². The minimum Gasteiger partial charge on any atom is -0.309 e. The molecule has 11 aromatic rings. The molecule has 0 aliphatic carbocycles. The third kappa shape index (κ3) is 4.08. The molecule has 0 fully saturated rings. The van der Waals surface area contributed by atoms with Crippen LogP contribution < -0.4 is 0 Å². The van der Waals surface area contributed by atoms with Gasteiger partial charge in [0.2, 0.25) is 0 Å². The first-order valence-corrected chi connectivity index (χ1v) is 18.0. The van der Waals surface area contributed by atoms with Gasteiger partial charge in [-0.15, -0.1) is 0 Å². The van der Waals surface area contributed by atoms with Crippen LogP contribution in [-0.2, 0) is 0 Å². The first-order valence-electron chi connectivity index (χ1n) is 18.0. The molecular formula is C49H33N3. The maximum Gasteiger partial charge on any atom is 0.0543 e. The lowest BCUT2D eigenvalue weighted by molar-refractivity contribution is 1.15. The second-order valence-electron chi connectivity index (χ2n) is 13.8. The fourth-order valence-corrected chi connectivity index (χ4v) is 8.69. The molecule has 0 radical (unpaired) electrons. The average Bonchev–Trinajstić information content (AvgIpc) is 3.83. The molecule has 0 aliphatic rings. The molecule has 8 aromatic carbocycles. The average molecular weight is 664 g/mol. The number of hydrogen-bond donors (Lipinski definition) is 0. The summed E-state index contributed by atoms with van der Waals surface area (Å²) in [5.41, 5.74) is 14.4. The molecule has 0 atom stereocenters. The minimum atomic E-state index is 1.15. The number of hydrogen-bond acceptors (Lipinski definition) is 0. The zero-order valence-corrected chi connectivity index (χ0v) is 28.7. The van der Waals surface area contributed by atoms with E-state index in [1.165, 1.54) is 82.1 Å². The van der Waals surface area contributed by atoms with Crippen LogP contribution in [0.1, 0.15) is 5.56 Å². The second kappa shape index (κ2) is 11.1. The highest BCUT2D eigenvalue weighted by atomic mass is 15.0. The van der Waals surface area contributed by atoms with E-state index in [4.69, 9.17) is 0 Å². The van der Waals surface area contributed by atoms with Gasteiger partial charge in [-0.05, 0) is 73.2 Å². The monoisotopic (exact) mass is 663 g/mol. The zero-order chi connectivity index (χ0) is 34.3. The zero-order valence-electron chi connectivity index (χ0n) is 28.7. The van der Waals surface area contributed by atoms with Crippen molar-refractivity contribution in [3.63, 3.8) is 0 Å². The lowest BCUT2D eigenvalue weighted by Crippen LogP contribution is -2.01. The number of aromatic nitrogens is 3. The van der Waals surface area contributed by atoms with Gasteiger partial charge >= 0.3 is 0 Å². The molecule has 52 heavy (non-hydrogen) atoms. The summed E-state index contributed by atoms with van der Waals surface area (Å²) in [5.74, 6) is 0. The van der Waals surface area contributed by atoms with Crippen molar-refractivity contribution in [3.8, 4) is 28.2 Å². The van der Waals surface area contributed by atoms with Crippen molar-refractivity contribution in [1.29, 1.82) is 0 Å². The van der Waals surface area contributed by atoms with Crippen LogP contribution in [0.4, 0.5) is 0 Å². The van der Waals surface area contributed by atoms with Crippen LogP contribution >= 0.6 is 0 Å².